The molecule has 30 heavy (non-hydrogen) atoms. The van der Waals surface area contributed by atoms with Crippen LogP contribution < -0.4 is 20.7 Å². The Hall–Kier alpha value is -3.68. The number of ether oxygens (including phenoxy) is 1. The highest BCUT2D eigenvalue weighted by Crippen LogP contribution is 2.36. The van der Waals surface area contributed by atoms with Crippen molar-refractivity contribution in [2.24, 2.45) is 0 Å². The fourth-order valence-corrected chi connectivity index (χ4v) is 3.16. The molecule has 154 valence electrons. The van der Waals surface area contributed by atoms with Gasteiger partial charge in [-0.05, 0) is 57.0 Å². The van der Waals surface area contributed by atoms with Gasteiger partial charge in [0, 0.05) is 11.4 Å². The van der Waals surface area contributed by atoms with E-state index in [4.69, 9.17) is 4.74 Å². The molecule has 2 heterocycles. The average Bonchev–Trinajstić information content (AvgIpc) is 2.68. The quantitative estimate of drug-likeness (QED) is 0.574. The zero-order valence-corrected chi connectivity index (χ0v) is 17.1. The van der Waals surface area contributed by atoms with Crippen molar-refractivity contribution in [3.63, 3.8) is 0 Å². The number of nitrogens with one attached hydrogen (secondary N) is 3. The number of aryl methyl sites for hydroxylation is 2. The summed E-state index contributed by atoms with van der Waals surface area (Å²) in [6.45, 7) is 7.34. The molecule has 0 spiro atoms. The number of hydrogen-bond donors (Lipinski definition) is 3. The fraction of sp³-hybridized carbons (Fsp3) is 0.227. The van der Waals surface area contributed by atoms with Crippen LogP contribution in [0.4, 0.5) is 33.2 Å². The van der Waals surface area contributed by atoms with Crippen molar-refractivity contribution < 1.29 is 13.9 Å². The van der Waals surface area contributed by atoms with Gasteiger partial charge in [-0.25, -0.2) is 9.37 Å². The Bertz CT molecular complexity index is 1130. The number of carbonyl (C=O) groups excluding carboxylic acids is 1. The number of anilines is 5. The summed E-state index contributed by atoms with van der Waals surface area (Å²) in [6.07, 6.45) is 1.11. The third-order valence-electron chi connectivity index (χ3n) is 4.86. The molecule has 1 aliphatic heterocycles. The number of rotatable bonds is 4. The van der Waals surface area contributed by atoms with E-state index in [2.05, 4.69) is 25.9 Å². The molecule has 7 nitrogen and oxygen atoms in total. The summed E-state index contributed by atoms with van der Waals surface area (Å²) in [6, 6.07) is 11.0. The number of nitrogens with zero attached hydrogens (tertiary/aromatic N) is 2. The number of amides is 1. The maximum Gasteiger partial charge on any atom is 0.268 e. The van der Waals surface area contributed by atoms with Crippen molar-refractivity contribution in [1.29, 1.82) is 0 Å². The molecule has 0 saturated carbocycles. The lowest BCUT2D eigenvalue weighted by atomic mass is 10.1. The molecule has 0 unspecified atom stereocenters. The lowest BCUT2D eigenvalue weighted by Crippen LogP contribution is -2.45. The van der Waals surface area contributed by atoms with Gasteiger partial charge in [0.1, 0.15) is 5.75 Å². The molecular weight excluding hydrogens is 385 g/mol. The molecule has 4 rings (SSSR count). The van der Waals surface area contributed by atoms with Crippen LogP contribution in [0.5, 0.6) is 5.75 Å². The van der Waals surface area contributed by atoms with Crippen LogP contribution >= 0.6 is 0 Å². The minimum Gasteiger partial charge on any atom is -0.476 e. The molecule has 1 aromatic heterocycles. The van der Waals surface area contributed by atoms with Crippen LogP contribution in [0, 0.1) is 19.7 Å². The zero-order chi connectivity index (χ0) is 21.5. The first-order valence-electron chi connectivity index (χ1n) is 9.50. The van der Waals surface area contributed by atoms with Crippen molar-refractivity contribution in [2.45, 2.75) is 33.3 Å². The molecule has 0 atom stereocenters. The van der Waals surface area contributed by atoms with E-state index in [-0.39, 0.29) is 17.7 Å². The van der Waals surface area contributed by atoms with E-state index in [9.17, 15) is 9.18 Å². The molecular formula is C22H22FN5O2. The molecule has 3 aromatic rings. The molecule has 2 aromatic carbocycles. The standard InChI is InChI=1S/C22H22FN5O2/c1-12-6-5-7-13(2)18(12)27-21-24-11-15(23)19(28-21)25-14-8-9-17-16(10-14)26-20(29)22(3,4)30-17/h5-11H,1-4H3,(H,26,29)(H2,24,25,27,28). The second-order valence-electron chi connectivity index (χ2n) is 7.68. The topological polar surface area (TPSA) is 88.2 Å². The van der Waals surface area contributed by atoms with E-state index in [0.717, 1.165) is 23.0 Å². The van der Waals surface area contributed by atoms with Crippen LogP contribution in [0.25, 0.3) is 0 Å². The monoisotopic (exact) mass is 407 g/mol. The lowest BCUT2D eigenvalue weighted by Gasteiger charge is -2.31. The third kappa shape index (κ3) is 3.76. The van der Waals surface area contributed by atoms with Crippen molar-refractivity contribution in [1.82, 2.24) is 9.97 Å². The summed E-state index contributed by atoms with van der Waals surface area (Å²) in [7, 11) is 0. The Balaban J connectivity index is 1.59. The molecule has 0 radical (unpaired) electrons. The smallest absolute Gasteiger partial charge is 0.268 e. The summed E-state index contributed by atoms with van der Waals surface area (Å²) in [5.41, 5.74) is 3.05. The highest BCUT2D eigenvalue weighted by atomic mass is 19.1. The van der Waals surface area contributed by atoms with Gasteiger partial charge in [0.25, 0.3) is 5.91 Å². The van der Waals surface area contributed by atoms with Gasteiger partial charge in [-0.2, -0.15) is 4.98 Å². The van der Waals surface area contributed by atoms with Gasteiger partial charge in [-0.1, -0.05) is 18.2 Å². The molecule has 8 heteroatoms. The molecule has 0 fully saturated rings. The Morgan fingerprint density at radius 3 is 2.57 bits per heavy atom. The molecule has 0 saturated heterocycles. The van der Waals surface area contributed by atoms with Gasteiger partial charge >= 0.3 is 0 Å². The predicted octanol–water partition coefficient (Wildman–Crippen LogP) is 4.83. The number of fused-ring (bicyclic) bond motifs is 1. The van der Waals surface area contributed by atoms with Crippen molar-refractivity contribution in [3.8, 4) is 5.75 Å². The second-order valence-corrected chi connectivity index (χ2v) is 7.68. The highest BCUT2D eigenvalue weighted by Gasteiger charge is 2.35. The van der Waals surface area contributed by atoms with Gasteiger partial charge in [-0.3, -0.25) is 4.79 Å². The maximum atomic E-state index is 14.3. The Labute approximate surface area is 173 Å². The zero-order valence-electron chi connectivity index (χ0n) is 17.1. The second kappa shape index (κ2) is 7.29. The van der Waals surface area contributed by atoms with Crippen LogP contribution in [-0.2, 0) is 4.79 Å². The van der Waals surface area contributed by atoms with Crippen LogP contribution in [0.3, 0.4) is 0 Å². The van der Waals surface area contributed by atoms with E-state index < -0.39 is 11.4 Å². The lowest BCUT2D eigenvalue weighted by molar-refractivity contribution is -0.129. The van der Waals surface area contributed by atoms with Crippen LogP contribution in [-0.4, -0.2) is 21.5 Å². The van der Waals surface area contributed by atoms with Crippen LogP contribution in [0.1, 0.15) is 25.0 Å². The normalized spacial score (nSPS) is 14.4. The number of hydrogen-bond acceptors (Lipinski definition) is 6. The van der Waals surface area contributed by atoms with Gasteiger partial charge in [0.15, 0.2) is 17.2 Å². The first-order valence-corrected chi connectivity index (χ1v) is 9.50. The first kappa shape index (κ1) is 19.6. The molecule has 1 amide bonds. The average molecular weight is 407 g/mol. The number of benzene rings is 2. The van der Waals surface area contributed by atoms with Crippen LogP contribution in [0.2, 0.25) is 0 Å². The highest BCUT2D eigenvalue weighted by molar-refractivity contribution is 6.00. The Morgan fingerprint density at radius 1 is 1.10 bits per heavy atom. The SMILES string of the molecule is Cc1cccc(C)c1Nc1ncc(F)c(Nc2ccc3c(c2)NC(=O)C(C)(C)O3)n1. The largest absolute Gasteiger partial charge is 0.476 e. The van der Waals surface area contributed by atoms with Crippen LogP contribution in [0.15, 0.2) is 42.6 Å². The molecule has 0 bridgehead atoms. The van der Waals surface area contributed by atoms with Crippen molar-refractivity contribution >= 4 is 34.7 Å². The Morgan fingerprint density at radius 2 is 1.83 bits per heavy atom. The van der Waals surface area contributed by atoms with Gasteiger partial charge in [-0.15, -0.1) is 0 Å². The van der Waals surface area contributed by atoms with Gasteiger partial charge in [0.2, 0.25) is 5.95 Å². The van der Waals surface area contributed by atoms with E-state index >= 15 is 0 Å². The maximum absolute atomic E-state index is 14.3. The molecule has 1 aliphatic rings. The number of carbonyl (C=O) groups is 1. The summed E-state index contributed by atoms with van der Waals surface area (Å²) < 4.78 is 20.1. The minimum absolute atomic E-state index is 0.0158. The van der Waals surface area contributed by atoms with Crippen molar-refractivity contribution in [3.05, 3.63) is 59.5 Å². The van der Waals surface area contributed by atoms with E-state index in [1.165, 1.54) is 0 Å². The molecule has 3 N–H and O–H groups in total. The first-order chi connectivity index (χ1) is 14.2. The number of aromatic nitrogens is 2. The summed E-state index contributed by atoms with van der Waals surface area (Å²) >= 11 is 0. The van der Waals surface area contributed by atoms with E-state index in [1.807, 2.05) is 32.0 Å². The van der Waals surface area contributed by atoms with E-state index in [1.54, 1.807) is 32.0 Å². The summed E-state index contributed by atoms with van der Waals surface area (Å²) in [5, 5.41) is 8.90. The predicted molar refractivity (Wildman–Crippen MR) is 114 cm³/mol. The summed E-state index contributed by atoms with van der Waals surface area (Å²) in [4.78, 5) is 20.4. The van der Waals surface area contributed by atoms with Gasteiger partial charge < -0.3 is 20.7 Å². The number of para-hydroxylation sites is 1. The fourth-order valence-electron chi connectivity index (χ4n) is 3.16. The minimum atomic E-state index is -0.949. The number of halogens is 1. The summed E-state index contributed by atoms with van der Waals surface area (Å²) in [5.74, 6) is -0.0120. The van der Waals surface area contributed by atoms with Crippen molar-refractivity contribution in [2.75, 3.05) is 16.0 Å². The van der Waals surface area contributed by atoms with E-state index in [0.29, 0.717) is 17.1 Å². The third-order valence-corrected chi connectivity index (χ3v) is 4.86. The van der Waals surface area contributed by atoms with Gasteiger partial charge in [0.05, 0.1) is 11.9 Å². The molecule has 0 aliphatic carbocycles. The Kier molecular flexibility index (Phi) is 4.77.